The van der Waals surface area contributed by atoms with Crippen molar-refractivity contribution in [3.63, 3.8) is 0 Å². The number of nitrogens with zero attached hydrogens (tertiary/aromatic N) is 3. The predicted molar refractivity (Wildman–Crippen MR) is 132 cm³/mol. The van der Waals surface area contributed by atoms with E-state index in [2.05, 4.69) is 59.5 Å². The van der Waals surface area contributed by atoms with Crippen molar-refractivity contribution in [1.82, 2.24) is 14.9 Å². The molecule has 6 heteroatoms. The molecule has 1 aromatic carbocycles. The summed E-state index contributed by atoms with van der Waals surface area (Å²) in [6, 6.07) is 6.47. The maximum Gasteiger partial charge on any atom is 0.410 e. The lowest BCUT2D eigenvalue weighted by molar-refractivity contribution is 0.0236. The van der Waals surface area contributed by atoms with Crippen LogP contribution in [0.4, 0.5) is 10.6 Å². The Morgan fingerprint density at radius 1 is 1.25 bits per heavy atom. The number of carbonyl (C=O) groups is 1. The molecule has 0 radical (unpaired) electrons. The zero-order valence-corrected chi connectivity index (χ0v) is 20.2. The SMILES string of the molecule is C/C=C(/C)c1cccc2c(N[C@@H](C)CC=C3CCN(C(=O)OC(C)(C)C)CC3)ncnc12. The molecule has 1 aromatic heterocycles. The van der Waals surface area contributed by atoms with Crippen LogP contribution >= 0.6 is 0 Å². The highest BCUT2D eigenvalue weighted by atomic mass is 16.6. The van der Waals surface area contributed by atoms with Gasteiger partial charge >= 0.3 is 6.09 Å². The third-order valence-corrected chi connectivity index (χ3v) is 5.72. The Morgan fingerprint density at radius 2 is 1.97 bits per heavy atom. The van der Waals surface area contributed by atoms with Gasteiger partial charge in [0.1, 0.15) is 17.7 Å². The van der Waals surface area contributed by atoms with Gasteiger partial charge in [0, 0.05) is 30.1 Å². The monoisotopic (exact) mass is 436 g/mol. The topological polar surface area (TPSA) is 67.4 Å². The molecule has 3 rings (SSSR count). The minimum absolute atomic E-state index is 0.213. The summed E-state index contributed by atoms with van der Waals surface area (Å²) in [5.74, 6) is 0.867. The number of nitrogens with one attached hydrogen (secondary N) is 1. The number of fused-ring (bicyclic) bond motifs is 1. The van der Waals surface area contributed by atoms with Crippen molar-refractivity contribution in [2.24, 2.45) is 0 Å². The van der Waals surface area contributed by atoms with Gasteiger partial charge < -0.3 is 15.0 Å². The maximum atomic E-state index is 12.2. The van der Waals surface area contributed by atoms with E-state index < -0.39 is 5.60 Å². The van der Waals surface area contributed by atoms with E-state index in [1.165, 1.54) is 11.1 Å². The lowest BCUT2D eigenvalue weighted by atomic mass is 10.0. The van der Waals surface area contributed by atoms with Crippen LogP contribution in [0.25, 0.3) is 16.5 Å². The molecular weight excluding hydrogens is 400 g/mol. The second kappa shape index (κ2) is 10.2. The number of amides is 1. The van der Waals surface area contributed by atoms with Crippen molar-refractivity contribution >= 4 is 28.4 Å². The summed E-state index contributed by atoms with van der Waals surface area (Å²) in [7, 11) is 0. The second-order valence-corrected chi connectivity index (χ2v) is 9.51. The van der Waals surface area contributed by atoms with Crippen LogP contribution in [-0.2, 0) is 4.74 Å². The molecular formula is C26H36N4O2. The Labute approximate surface area is 191 Å². The van der Waals surface area contributed by atoms with E-state index >= 15 is 0 Å². The van der Waals surface area contributed by atoms with Crippen molar-refractivity contribution in [2.75, 3.05) is 18.4 Å². The second-order valence-electron chi connectivity index (χ2n) is 9.51. The Morgan fingerprint density at radius 3 is 2.62 bits per heavy atom. The van der Waals surface area contributed by atoms with Gasteiger partial charge in [0.15, 0.2) is 0 Å². The van der Waals surface area contributed by atoms with E-state index in [0.29, 0.717) is 13.1 Å². The number of allylic oxidation sites excluding steroid dienone is 2. The number of piperidine rings is 1. The summed E-state index contributed by atoms with van der Waals surface area (Å²) in [5, 5.41) is 4.60. The minimum atomic E-state index is -0.453. The zero-order valence-electron chi connectivity index (χ0n) is 20.2. The minimum Gasteiger partial charge on any atom is -0.444 e. The molecule has 1 fully saturated rings. The van der Waals surface area contributed by atoms with E-state index in [-0.39, 0.29) is 12.1 Å². The number of carbonyl (C=O) groups excluding carboxylic acids is 1. The van der Waals surface area contributed by atoms with Crippen LogP contribution in [0.3, 0.4) is 0 Å². The molecule has 0 saturated carbocycles. The summed E-state index contributed by atoms with van der Waals surface area (Å²) in [6.45, 7) is 13.4. The lowest BCUT2D eigenvalue weighted by Crippen LogP contribution is -2.40. The number of rotatable bonds is 5. The molecule has 2 heterocycles. The van der Waals surface area contributed by atoms with Gasteiger partial charge in [0.25, 0.3) is 0 Å². The van der Waals surface area contributed by atoms with Gasteiger partial charge in [0.05, 0.1) is 5.52 Å². The molecule has 32 heavy (non-hydrogen) atoms. The quantitative estimate of drug-likeness (QED) is 0.565. The summed E-state index contributed by atoms with van der Waals surface area (Å²) in [4.78, 5) is 23.1. The maximum absolute atomic E-state index is 12.2. The highest BCUT2D eigenvalue weighted by molar-refractivity contribution is 5.96. The molecule has 0 aliphatic carbocycles. The van der Waals surface area contributed by atoms with Crippen molar-refractivity contribution in [1.29, 1.82) is 0 Å². The molecule has 1 atom stereocenters. The molecule has 1 saturated heterocycles. The lowest BCUT2D eigenvalue weighted by Gasteiger charge is -2.31. The van der Waals surface area contributed by atoms with Gasteiger partial charge in [-0.25, -0.2) is 14.8 Å². The van der Waals surface area contributed by atoms with Crippen LogP contribution in [0.15, 0.2) is 42.3 Å². The molecule has 172 valence electrons. The molecule has 0 spiro atoms. The van der Waals surface area contributed by atoms with Gasteiger partial charge in [-0.05, 0) is 72.4 Å². The normalized spacial score (nSPS) is 16.1. The van der Waals surface area contributed by atoms with E-state index in [0.717, 1.165) is 41.5 Å². The highest BCUT2D eigenvalue weighted by Crippen LogP contribution is 2.27. The van der Waals surface area contributed by atoms with E-state index in [9.17, 15) is 4.79 Å². The number of hydrogen-bond acceptors (Lipinski definition) is 5. The summed E-state index contributed by atoms with van der Waals surface area (Å²) < 4.78 is 5.48. The van der Waals surface area contributed by atoms with Gasteiger partial charge in [-0.2, -0.15) is 0 Å². The largest absolute Gasteiger partial charge is 0.444 e. The van der Waals surface area contributed by atoms with Crippen LogP contribution < -0.4 is 5.32 Å². The van der Waals surface area contributed by atoms with Crippen molar-refractivity contribution < 1.29 is 9.53 Å². The van der Waals surface area contributed by atoms with Crippen LogP contribution in [0.5, 0.6) is 0 Å². The Hall–Kier alpha value is -2.89. The summed E-state index contributed by atoms with van der Waals surface area (Å²) >= 11 is 0. The third kappa shape index (κ3) is 6.09. The standard InChI is InChI=1S/C26H36N4O2/c1-7-18(2)21-9-8-10-22-23(21)27-17-28-24(22)29-19(3)11-12-20-13-15-30(16-14-20)25(31)32-26(4,5)6/h7-10,12,17,19H,11,13-16H2,1-6H3,(H,27,28,29)/b18-7-/t19-/m0/s1. The average Bonchev–Trinajstić information content (AvgIpc) is 2.76. The number of likely N-dealkylation sites (tertiary alicyclic amines) is 1. The molecule has 6 nitrogen and oxygen atoms in total. The third-order valence-electron chi connectivity index (χ3n) is 5.72. The van der Waals surface area contributed by atoms with E-state index in [4.69, 9.17) is 4.74 Å². The van der Waals surface area contributed by atoms with Crippen LogP contribution in [0, 0.1) is 0 Å². The molecule has 1 N–H and O–H groups in total. The molecule has 2 aromatic rings. The Bertz CT molecular complexity index is 1010. The molecule has 1 aliphatic heterocycles. The van der Waals surface area contributed by atoms with Crippen LogP contribution in [-0.4, -0.2) is 45.7 Å². The highest BCUT2D eigenvalue weighted by Gasteiger charge is 2.24. The predicted octanol–water partition coefficient (Wildman–Crippen LogP) is 6.20. The number of para-hydroxylation sites is 1. The van der Waals surface area contributed by atoms with Crippen LogP contribution in [0.1, 0.15) is 66.4 Å². The van der Waals surface area contributed by atoms with E-state index in [1.807, 2.05) is 32.6 Å². The smallest absolute Gasteiger partial charge is 0.410 e. The number of ether oxygens (including phenoxy) is 1. The fourth-order valence-electron chi connectivity index (χ4n) is 3.82. The first-order valence-corrected chi connectivity index (χ1v) is 11.5. The number of aromatic nitrogens is 2. The number of anilines is 1. The van der Waals surface area contributed by atoms with Gasteiger partial charge in [-0.3, -0.25) is 0 Å². The molecule has 1 amide bonds. The van der Waals surface area contributed by atoms with Crippen molar-refractivity contribution in [2.45, 2.75) is 72.4 Å². The fraction of sp³-hybridized carbons (Fsp3) is 0.500. The Balaban J connectivity index is 1.60. The average molecular weight is 437 g/mol. The summed E-state index contributed by atoms with van der Waals surface area (Å²) in [6.07, 6.45) is 8.53. The summed E-state index contributed by atoms with van der Waals surface area (Å²) in [5.41, 5.74) is 4.27. The van der Waals surface area contributed by atoms with Crippen LogP contribution in [0.2, 0.25) is 0 Å². The van der Waals surface area contributed by atoms with Gasteiger partial charge in [0.2, 0.25) is 0 Å². The first-order valence-electron chi connectivity index (χ1n) is 11.5. The first kappa shape index (κ1) is 23.8. The molecule has 0 bridgehead atoms. The van der Waals surface area contributed by atoms with Crippen molar-refractivity contribution in [3.8, 4) is 0 Å². The molecule has 0 unspecified atom stereocenters. The first-order chi connectivity index (χ1) is 15.2. The number of benzene rings is 1. The zero-order chi connectivity index (χ0) is 23.3. The molecule has 1 aliphatic rings. The Kier molecular flexibility index (Phi) is 7.54. The van der Waals surface area contributed by atoms with Gasteiger partial charge in [-0.1, -0.05) is 29.9 Å². The van der Waals surface area contributed by atoms with Gasteiger partial charge in [-0.15, -0.1) is 0 Å². The fourth-order valence-corrected chi connectivity index (χ4v) is 3.82. The van der Waals surface area contributed by atoms with E-state index in [1.54, 1.807) is 6.33 Å². The number of hydrogen-bond donors (Lipinski definition) is 1. The van der Waals surface area contributed by atoms with Crippen molar-refractivity contribution in [3.05, 3.63) is 47.8 Å².